The quantitative estimate of drug-likeness (QED) is 0.539. The van der Waals surface area contributed by atoms with E-state index in [2.05, 4.69) is 15.4 Å². The molecule has 0 radical (unpaired) electrons. The number of aliphatic imine (C=N–C) groups is 1. The number of nitrogens with zero attached hydrogens (tertiary/aromatic N) is 4. The molecule has 0 aliphatic carbocycles. The molecule has 0 saturated carbocycles. The van der Waals surface area contributed by atoms with Gasteiger partial charge in [0.1, 0.15) is 5.82 Å². The van der Waals surface area contributed by atoms with Gasteiger partial charge in [-0.05, 0) is 41.8 Å². The van der Waals surface area contributed by atoms with E-state index in [1.54, 1.807) is 19.2 Å². The van der Waals surface area contributed by atoms with E-state index in [9.17, 15) is 4.39 Å². The van der Waals surface area contributed by atoms with Crippen molar-refractivity contribution in [3.63, 3.8) is 0 Å². The molecule has 0 unspecified atom stereocenters. The summed E-state index contributed by atoms with van der Waals surface area (Å²) in [6.45, 7) is 1.32. The van der Waals surface area contributed by atoms with Gasteiger partial charge in [0, 0.05) is 33.4 Å². The summed E-state index contributed by atoms with van der Waals surface area (Å²) in [6, 6.07) is 16.7. The molecule has 0 atom stereocenters. The second-order valence-corrected chi connectivity index (χ2v) is 6.34. The average molecular weight is 365 g/mol. The normalized spacial score (nSPS) is 11.4. The van der Waals surface area contributed by atoms with Crippen LogP contribution in [-0.4, -0.2) is 41.3 Å². The van der Waals surface area contributed by atoms with Gasteiger partial charge in [-0.2, -0.15) is 5.10 Å². The third kappa shape index (κ3) is 5.17. The SMILES string of the molecule is CN=C(NCCc1cnn(-c2ccccc2)c1)N(C)Cc1cccc(F)c1. The van der Waals surface area contributed by atoms with Gasteiger partial charge in [-0.25, -0.2) is 9.07 Å². The molecule has 5 nitrogen and oxygen atoms in total. The highest BCUT2D eigenvalue weighted by atomic mass is 19.1. The van der Waals surface area contributed by atoms with Crippen LogP contribution in [0.5, 0.6) is 0 Å². The first-order valence-electron chi connectivity index (χ1n) is 8.91. The Kier molecular flexibility index (Phi) is 6.20. The van der Waals surface area contributed by atoms with Gasteiger partial charge in [0.15, 0.2) is 5.96 Å². The van der Waals surface area contributed by atoms with Gasteiger partial charge in [0.2, 0.25) is 0 Å². The Morgan fingerprint density at radius 1 is 1.15 bits per heavy atom. The molecular formula is C21H24FN5. The monoisotopic (exact) mass is 365 g/mol. The minimum absolute atomic E-state index is 0.223. The number of rotatable bonds is 6. The maximum absolute atomic E-state index is 13.3. The van der Waals surface area contributed by atoms with Crippen LogP contribution in [0.3, 0.4) is 0 Å². The summed E-state index contributed by atoms with van der Waals surface area (Å²) in [7, 11) is 3.69. The smallest absolute Gasteiger partial charge is 0.193 e. The van der Waals surface area contributed by atoms with Crippen LogP contribution >= 0.6 is 0 Å². The van der Waals surface area contributed by atoms with E-state index in [-0.39, 0.29) is 5.82 Å². The summed E-state index contributed by atoms with van der Waals surface area (Å²) in [5, 5.41) is 7.76. The summed E-state index contributed by atoms with van der Waals surface area (Å²) in [6.07, 6.45) is 4.75. The third-order valence-corrected chi connectivity index (χ3v) is 4.24. The molecule has 6 heteroatoms. The van der Waals surface area contributed by atoms with Crippen molar-refractivity contribution in [1.82, 2.24) is 20.0 Å². The average Bonchev–Trinajstić information content (AvgIpc) is 3.15. The first-order valence-corrected chi connectivity index (χ1v) is 8.91. The molecule has 27 heavy (non-hydrogen) atoms. The van der Waals surface area contributed by atoms with Gasteiger partial charge in [0.25, 0.3) is 0 Å². The Morgan fingerprint density at radius 3 is 2.70 bits per heavy atom. The van der Waals surface area contributed by atoms with E-state index in [4.69, 9.17) is 0 Å². The molecule has 0 bridgehead atoms. The molecule has 1 N–H and O–H groups in total. The highest BCUT2D eigenvalue weighted by molar-refractivity contribution is 5.79. The minimum Gasteiger partial charge on any atom is -0.356 e. The zero-order valence-electron chi connectivity index (χ0n) is 15.6. The van der Waals surface area contributed by atoms with Crippen LogP contribution in [0.4, 0.5) is 4.39 Å². The predicted molar refractivity (Wildman–Crippen MR) is 106 cm³/mol. The summed E-state index contributed by atoms with van der Waals surface area (Å²) >= 11 is 0. The standard InChI is InChI=1S/C21H24FN5/c1-23-21(26(2)15-17-7-6-8-19(22)13-17)24-12-11-18-14-25-27(16-18)20-9-4-3-5-10-20/h3-10,13-14,16H,11-12,15H2,1-2H3,(H,23,24). The van der Waals surface area contributed by atoms with Gasteiger partial charge in [-0.3, -0.25) is 4.99 Å². The second-order valence-electron chi connectivity index (χ2n) is 6.34. The van der Waals surface area contributed by atoms with Gasteiger partial charge < -0.3 is 10.2 Å². The summed E-state index contributed by atoms with van der Waals surface area (Å²) in [4.78, 5) is 6.28. The largest absolute Gasteiger partial charge is 0.356 e. The van der Waals surface area contributed by atoms with E-state index in [0.29, 0.717) is 6.54 Å². The number of benzene rings is 2. The van der Waals surface area contributed by atoms with Crippen molar-refractivity contribution in [1.29, 1.82) is 0 Å². The first kappa shape index (κ1) is 18.6. The maximum Gasteiger partial charge on any atom is 0.193 e. The number of para-hydroxylation sites is 1. The number of hydrogen-bond acceptors (Lipinski definition) is 2. The van der Waals surface area contributed by atoms with Crippen molar-refractivity contribution in [3.8, 4) is 5.69 Å². The van der Waals surface area contributed by atoms with Gasteiger partial charge >= 0.3 is 0 Å². The first-order chi connectivity index (χ1) is 13.2. The van der Waals surface area contributed by atoms with E-state index in [0.717, 1.165) is 35.7 Å². The fourth-order valence-corrected chi connectivity index (χ4v) is 2.90. The Morgan fingerprint density at radius 2 is 1.96 bits per heavy atom. The van der Waals surface area contributed by atoms with Crippen LogP contribution < -0.4 is 5.32 Å². The Bertz CT molecular complexity index is 888. The highest BCUT2D eigenvalue weighted by Crippen LogP contribution is 2.08. The lowest BCUT2D eigenvalue weighted by Crippen LogP contribution is -2.39. The molecule has 3 rings (SSSR count). The number of hydrogen-bond donors (Lipinski definition) is 1. The van der Waals surface area contributed by atoms with Crippen molar-refractivity contribution in [2.75, 3.05) is 20.6 Å². The Hall–Kier alpha value is -3.15. The van der Waals surface area contributed by atoms with Crippen LogP contribution in [0.15, 0.2) is 72.0 Å². The number of aromatic nitrogens is 2. The van der Waals surface area contributed by atoms with Crippen molar-refractivity contribution in [2.24, 2.45) is 4.99 Å². The fraction of sp³-hybridized carbons (Fsp3) is 0.238. The number of nitrogens with one attached hydrogen (secondary N) is 1. The van der Waals surface area contributed by atoms with Crippen LogP contribution in [-0.2, 0) is 13.0 Å². The lowest BCUT2D eigenvalue weighted by atomic mass is 10.2. The van der Waals surface area contributed by atoms with E-state index in [1.165, 1.54) is 6.07 Å². The molecular weight excluding hydrogens is 341 g/mol. The predicted octanol–water partition coefficient (Wildman–Crippen LogP) is 3.26. The second kappa shape index (κ2) is 8.98. The van der Waals surface area contributed by atoms with Crippen molar-refractivity contribution in [2.45, 2.75) is 13.0 Å². The number of guanidine groups is 1. The fourth-order valence-electron chi connectivity index (χ4n) is 2.90. The zero-order chi connectivity index (χ0) is 19.1. The lowest BCUT2D eigenvalue weighted by Gasteiger charge is -2.22. The zero-order valence-corrected chi connectivity index (χ0v) is 15.6. The van der Waals surface area contributed by atoms with Gasteiger partial charge in [-0.15, -0.1) is 0 Å². The summed E-state index contributed by atoms with van der Waals surface area (Å²) < 4.78 is 15.2. The van der Waals surface area contributed by atoms with E-state index < -0.39 is 0 Å². The molecule has 0 aliphatic rings. The molecule has 140 valence electrons. The number of halogens is 1. The molecule has 0 fully saturated rings. The molecule has 0 aliphatic heterocycles. The van der Waals surface area contributed by atoms with Crippen LogP contribution in [0.2, 0.25) is 0 Å². The van der Waals surface area contributed by atoms with Crippen molar-refractivity contribution in [3.05, 3.63) is 83.9 Å². The molecule has 0 saturated heterocycles. The molecule has 0 spiro atoms. The van der Waals surface area contributed by atoms with Crippen LogP contribution in [0.1, 0.15) is 11.1 Å². The maximum atomic E-state index is 13.3. The van der Waals surface area contributed by atoms with Gasteiger partial charge in [-0.1, -0.05) is 30.3 Å². The van der Waals surface area contributed by atoms with Crippen LogP contribution in [0.25, 0.3) is 5.69 Å². The Balaban J connectivity index is 1.52. The molecule has 1 heterocycles. The summed E-state index contributed by atoms with van der Waals surface area (Å²) in [5.74, 6) is 0.550. The topological polar surface area (TPSA) is 45.5 Å². The molecule has 1 aromatic heterocycles. The lowest BCUT2D eigenvalue weighted by molar-refractivity contribution is 0.475. The Labute approximate surface area is 159 Å². The minimum atomic E-state index is -0.223. The van der Waals surface area contributed by atoms with Crippen molar-refractivity contribution < 1.29 is 4.39 Å². The van der Waals surface area contributed by atoms with Crippen LogP contribution in [0, 0.1) is 5.82 Å². The highest BCUT2D eigenvalue weighted by Gasteiger charge is 2.07. The van der Waals surface area contributed by atoms with Crippen molar-refractivity contribution >= 4 is 5.96 Å². The third-order valence-electron chi connectivity index (χ3n) is 4.24. The molecule has 0 amide bonds. The molecule has 2 aromatic carbocycles. The molecule has 3 aromatic rings. The van der Waals surface area contributed by atoms with Gasteiger partial charge in [0.05, 0.1) is 11.9 Å². The summed E-state index contributed by atoms with van der Waals surface area (Å²) in [5.41, 5.74) is 3.10. The van der Waals surface area contributed by atoms with E-state index >= 15 is 0 Å². The van der Waals surface area contributed by atoms with E-state index in [1.807, 2.05) is 65.4 Å².